The van der Waals surface area contributed by atoms with Gasteiger partial charge in [-0.3, -0.25) is 4.79 Å². The average Bonchev–Trinajstić information content (AvgIpc) is 2.79. The van der Waals surface area contributed by atoms with E-state index in [2.05, 4.69) is 10.3 Å². The summed E-state index contributed by atoms with van der Waals surface area (Å²) >= 11 is 0. The van der Waals surface area contributed by atoms with E-state index < -0.39 is 0 Å². The van der Waals surface area contributed by atoms with Crippen LogP contribution in [0.1, 0.15) is 30.7 Å². The van der Waals surface area contributed by atoms with E-state index in [9.17, 15) is 9.18 Å². The number of aryl methyl sites for hydroxylation is 1. The van der Waals surface area contributed by atoms with Crippen LogP contribution in [0.15, 0.2) is 28.7 Å². The lowest BCUT2D eigenvalue weighted by atomic mass is 9.85. The molecule has 22 heavy (non-hydrogen) atoms. The van der Waals surface area contributed by atoms with Crippen molar-refractivity contribution in [3.63, 3.8) is 0 Å². The molecule has 0 bridgehead atoms. The highest BCUT2D eigenvalue weighted by Crippen LogP contribution is 2.26. The van der Waals surface area contributed by atoms with Gasteiger partial charge in [0.15, 0.2) is 0 Å². The molecule has 0 saturated heterocycles. The van der Waals surface area contributed by atoms with E-state index >= 15 is 0 Å². The van der Waals surface area contributed by atoms with Crippen LogP contribution in [0.3, 0.4) is 0 Å². The molecule has 0 unspecified atom stereocenters. The molecular weight excluding hydrogens is 283 g/mol. The first kappa shape index (κ1) is 14.8. The third-order valence-corrected chi connectivity index (χ3v) is 4.13. The Morgan fingerprint density at radius 1 is 1.41 bits per heavy atom. The third kappa shape index (κ3) is 3.03. The van der Waals surface area contributed by atoms with Crippen LogP contribution >= 0.6 is 0 Å². The Morgan fingerprint density at radius 2 is 2.18 bits per heavy atom. The summed E-state index contributed by atoms with van der Waals surface area (Å²) in [7, 11) is 0. The molecule has 1 saturated carbocycles. The van der Waals surface area contributed by atoms with Gasteiger partial charge in [-0.2, -0.15) is 0 Å². The molecule has 1 aromatic heterocycles. The summed E-state index contributed by atoms with van der Waals surface area (Å²) in [5, 5.41) is 2.93. The molecule has 1 fully saturated rings. The summed E-state index contributed by atoms with van der Waals surface area (Å²) in [6.07, 6.45) is 3.72. The highest BCUT2D eigenvalue weighted by Gasteiger charge is 2.24. The first-order valence-electron chi connectivity index (χ1n) is 7.64. The van der Waals surface area contributed by atoms with E-state index in [0.29, 0.717) is 24.3 Å². The fourth-order valence-corrected chi connectivity index (χ4v) is 2.53. The average molecular weight is 302 g/mol. The normalized spacial score (nSPS) is 14.6. The van der Waals surface area contributed by atoms with Crippen molar-refractivity contribution in [3.8, 4) is 11.5 Å². The topological polar surface area (TPSA) is 55.1 Å². The van der Waals surface area contributed by atoms with Crippen molar-refractivity contribution >= 4 is 5.91 Å². The predicted molar refractivity (Wildman–Crippen MR) is 80.7 cm³/mol. The highest BCUT2D eigenvalue weighted by atomic mass is 19.1. The number of amides is 1. The van der Waals surface area contributed by atoms with Gasteiger partial charge >= 0.3 is 0 Å². The molecular formula is C17H19FN2O2. The first-order valence-corrected chi connectivity index (χ1v) is 7.64. The predicted octanol–water partition coefficient (Wildman–Crippen LogP) is 3.25. The molecule has 1 aliphatic rings. The Bertz CT molecular complexity index is 677. The largest absolute Gasteiger partial charge is 0.441 e. The summed E-state index contributed by atoms with van der Waals surface area (Å²) in [6.45, 7) is 2.33. The summed E-state index contributed by atoms with van der Waals surface area (Å²) < 4.78 is 19.3. The number of hydrogen-bond donors (Lipinski definition) is 1. The molecule has 0 spiro atoms. The van der Waals surface area contributed by atoms with Gasteiger partial charge in [-0.25, -0.2) is 9.37 Å². The standard InChI is InChI=1S/C17H19FN2O2/c1-11-15(9-10-19-16(21)12-5-4-6-12)20-17(22-11)13-7-2-3-8-14(13)18/h2-3,7-8,12H,4-6,9-10H2,1H3,(H,19,21). The molecule has 116 valence electrons. The van der Waals surface area contributed by atoms with Gasteiger partial charge in [-0.05, 0) is 31.9 Å². The van der Waals surface area contributed by atoms with Crippen LogP contribution < -0.4 is 5.32 Å². The minimum atomic E-state index is -0.353. The van der Waals surface area contributed by atoms with E-state index in [1.807, 2.05) is 0 Å². The lowest BCUT2D eigenvalue weighted by molar-refractivity contribution is -0.127. The van der Waals surface area contributed by atoms with Crippen LogP contribution in [-0.4, -0.2) is 17.4 Å². The van der Waals surface area contributed by atoms with Crippen molar-refractivity contribution in [1.29, 1.82) is 0 Å². The maximum Gasteiger partial charge on any atom is 0.229 e. The zero-order chi connectivity index (χ0) is 15.5. The van der Waals surface area contributed by atoms with E-state index in [4.69, 9.17) is 4.42 Å². The second kappa shape index (κ2) is 6.30. The summed E-state index contributed by atoms with van der Waals surface area (Å²) in [6, 6.07) is 6.40. The number of nitrogens with zero attached hydrogens (tertiary/aromatic N) is 1. The van der Waals surface area contributed by atoms with Crippen molar-refractivity contribution < 1.29 is 13.6 Å². The van der Waals surface area contributed by atoms with E-state index in [0.717, 1.165) is 25.0 Å². The Morgan fingerprint density at radius 3 is 2.86 bits per heavy atom. The number of benzene rings is 1. The molecule has 1 N–H and O–H groups in total. The number of aromatic nitrogens is 1. The van der Waals surface area contributed by atoms with Gasteiger partial charge < -0.3 is 9.73 Å². The third-order valence-electron chi connectivity index (χ3n) is 4.13. The fraction of sp³-hybridized carbons (Fsp3) is 0.412. The zero-order valence-corrected chi connectivity index (χ0v) is 12.6. The van der Waals surface area contributed by atoms with Gasteiger partial charge in [-0.1, -0.05) is 18.6 Å². The van der Waals surface area contributed by atoms with Crippen molar-refractivity contribution in [2.45, 2.75) is 32.6 Å². The smallest absolute Gasteiger partial charge is 0.229 e. The molecule has 1 amide bonds. The van der Waals surface area contributed by atoms with Gasteiger partial charge in [0.1, 0.15) is 11.6 Å². The molecule has 4 nitrogen and oxygen atoms in total. The molecule has 0 radical (unpaired) electrons. The second-order valence-corrected chi connectivity index (χ2v) is 5.67. The maximum atomic E-state index is 13.8. The van der Waals surface area contributed by atoms with E-state index in [1.54, 1.807) is 25.1 Å². The van der Waals surface area contributed by atoms with Gasteiger partial charge in [-0.15, -0.1) is 0 Å². The lowest BCUT2D eigenvalue weighted by Gasteiger charge is -2.23. The molecule has 0 atom stereocenters. The number of halogens is 1. The number of oxazole rings is 1. The van der Waals surface area contributed by atoms with Crippen molar-refractivity contribution in [2.24, 2.45) is 5.92 Å². The van der Waals surface area contributed by atoms with Crippen LogP contribution in [0.5, 0.6) is 0 Å². The Balaban J connectivity index is 1.63. The van der Waals surface area contributed by atoms with Crippen LogP contribution in [0.4, 0.5) is 4.39 Å². The number of nitrogens with one attached hydrogen (secondary N) is 1. The number of hydrogen-bond acceptors (Lipinski definition) is 3. The quantitative estimate of drug-likeness (QED) is 0.922. The minimum absolute atomic E-state index is 0.127. The van der Waals surface area contributed by atoms with Crippen molar-refractivity contribution in [2.75, 3.05) is 6.54 Å². The second-order valence-electron chi connectivity index (χ2n) is 5.67. The van der Waals surface area contributed by atoms with Gasteiger partial charge in [0.2, 0.25) is 11.8 Å². The Hall–Kier alpha value is -2.17. The number of carbonyl (C=O) groups is 1. The zero-order valence-electron chi connectivity index (χ0n) is 12.6. The molecule has 2 aromatic rings. The molecule has 1 aromatic carbocycles. The van der Waals surface area contributed by atoms with Crippen LogP contribution in [-0.2, 0) is 11.2 Å². The van der Waals surface area contributed by atoms with Crippen molar-refractivity contribution in [1.82, 2.24) is 10.3 Å². The van der Waals surface area contributed by atoms with Gasteiger partial charge in [0, 0.05) is 18.9 Å². The maximum absolute atomic E-state index is 13.8. The first-order chi connectivity index (χ1) is 10.6. The Labute approximate surface area is 128 Å². The summed E-state index contributed by atoms with van der Waals surface area (Å²) in [5.74, 6) is 0.912. The number of carbonyl (C=O) groups excluding carboxylic acids is 1. The Kier molecular flexibility index (Phi) is 4.22. The van der Waals surface area contributed by atoms with Crippen molar-refractivity contribution in [3.05, 3.63) is 41.5 Å². The molecule has 3 rings (SSSR count). The van der Waals surface area contributed by atoms with Crippen LogP contribution in [0.2, 0.25) is 0 Å². The molecule has 1 aliphatic carbocycles. The van der Waals surface area contributed by atoms with Gasteiger partial charge in [0.05, 0.1) is 11.3 Å². The number of rotatable bonds is 5. The van der Waals surface area contributed by atoms with Crippen LogP contribution in [0.25, 0.3) is 11.5 Å². The summed E-state index contributed by atoms with van der Waals surface area (Å²) in [4.78, 5) is 16.1. The fourth-order valence-electron chi connectivity index (χ4n) is 2.53. The molecule has 0 aliphatic heterocycles. The monoisotopic (exact) mass is 302 g/mol. The van der Waals surface area contributed by atoms with Gasteiger partial charge in [0.25, 0.3) is 0 Å². The van der Waals surface area contributed by atoms with E-state index in [-0.39, 0.29) is 23.5 Å². The summed E-state index contributed by atoms with van der Waals surface area (Å²) in [5.41, 5.74) is 1.11. The highest BCUT2D eigenvalue weighted by molar-refractivity contribution is 5.79. The van der Waals surface area contributed by atoms with Crippen LogP contribution in [0, 0.1) is 18.7 Å². The lowest BCUT2D eigenvalue weighted by Crippen LogP contribution is -2.35. The SMILES string of the molecule is Cc1oc(-c2ccccc2F)nc1CCNC(=O)C1CCC1. The van der Waals surface area contributed by atoms with E-state index in [1.165, 1.54) is 6.07 Å². The molecule has 5 heteroatoms. The minimum Gasteiger partial charge on any atom is -0.441 e. The molecule has 1 heterocycles.